The molecule has 0 saturated carbocycles. The molecule has 8 heteroatoms. The van der Waals surface area contributed by atoms with E-state index >= 15 is 0 Å². The predicted molar refractivity (Wildman–Crippen MR) is 122 cm³/mol. The monoisotopic (exact) mass is 462 g/mol. The third kappa shape index (κ3) is 6.23. The third-order valence-corrected chi connectivity index (χ3v) is 6.16. The molecule has 0 atom stereocenters. The van der Waals surface area contributed by atoms with Gasteiger partial charge in [-0.05, 0) is 61.4 Å². The molecule has 0 unspecified atom stereocenters. The molecule has 0 bridgehead atoms. The summed E-state index contributed by atoms with van der Waals surface area (Å²) in [6.45, 7) is 1.93. The number of hydrogen-bond acceptors (Lipinski definition) is 3. The maximum atomic E-state index is 12.5. The quantitative estimate of drug-likeness (QED) is 0.474. The van der Waals surface area contributed by atoms with Gasteiger partial charge in [-0.1, -0.05) is 53.0 Å². The minimum atomic E-state index is -3.68. The summed E-state index contributed by atoms with van der Waals surface area (Å²) in [4.78, 5) is 12.3. The number of nitrogens with one attached hydrogen (secondary N) is 2. The Bertz CT molecular complexity index is 1130. The van der Waals surface area contributed by atoms with E-state index in [0.29, 0.717) is 27.8 Å². The van der Waals surface area contributed by atoms with Gasteiger partial charge >= 0.3 is 0 Å². The van der Waals surface area contributed by atoms with Crippen molar-refractivity contribution in [3.8, 4) is 0 Å². The fraction of sp³-hybridized carbons (Fsp3) is 0.136. The van der Waals surface area contributed by atoms with Crippen molar-refractivity contribution in [3.63, 3.8) is 0 Å². The van der Waals surface area contributed by atoms with Gasteiger partial charge in [0.2, 0.25) is 5.91 Å². The van der Waals surface area contributed by atoms with Crippen LogP contribution in [0.5, 0.6) is 0 Å². The van der Waals surface area contributed by atoms with E-state index in [1.165, 1.54) is 12.1 Å². The number of carbonyl (C=O) groups excluding carboxylic acids is 1. The summed E-state index contributed by atoms with van der Waals surface area (Å²) in [5.41, 5.74) is 2.93. The number of sulfonamides is 1. The first-order valence-corrected chi connectivity index (χ1v) is 11.4. The van der Waals surface area contributed by atoms with Crippen LogP contribution in [0.4, 0.5) is 11.4 Å². The summed E-state index contributed by atoms with van der Waals surface area (Å²) in [6.07, 6.45) is 0.698. The second kappa shape index (κ2) is 9.51. The molecule has 0 heterocycles. The Hall–Kier alpha value is -2.54. The number of anilines is 2. The van der Waals surface area contributed by atoms with Gasteiger partial charge < -0.3 is 5.32 Å². The molecule has 5 nitrogen and oxygen atoms in total. The fourth-order valence-corrected chi connectivity index (χ4v) is 4.36. The average Bonchev–Trinajstić information content (AvgIpc) is 2.67. The van der Waals surface area contributed by atoms with Crippen molar-refractivity contribution >= 4 is 50.5 Å². The largest absolute Gasteiger partial charge is 0.326 e. The van der Waals surface area contributed by atoms with E-state index in [9.17, 15) is 13.2 Å². The number of rotatable bonds is 7. The Morgan fingerprint density at radius 2 is 1.47 bits per heavy atom. The molecule has 0 spiro atoms. The SMILES string of the molecule is Cc1ccc(NS(=O)(=O)c2ccc(CCC(=O)Nc3cc(Cl)cc(Cl)c3)cc2)cc1. The number of benzene rings is 3. The lowest BCUT2D eigenvalue weighted by Gasteiger charge is -2.09. The zero-order chi connectivity index (χ0) is 21.7. The summed E-state index contributed by atoms with van der Waals surface area (Å²) >= 11 is 11.9. The number of hydrogen-bond donors (Lipinski definition) is 2. The highest BCUT2D eigenvalue weighted by Gasteiger charge is 2.14. The van der Waals surface area contributed by atoms with Crippen LogP contribution < -0.4 is 10.0 Å². The van der Waals surface area contributed by atoms with Gasteiger partial charge in [0.1, 0.15) is 0 Å². The second-order valence-electron chi connectivity index (χ2n) is 6.82. The van der Waals surface area contributed by atoms with Crippen molar-refractivity contribution in [2.75, 3.05) is 10.0 Å². The second-order valence-corrected chi connectivity index (χ2v) is 9.38. The van der Waals surface area contributed by atoms with Crippen LogP contribution in [-0.2, 0) is 21.2 Å². The maximum Gasteiger partial charge on any atom is 0.261 e. The van der Waals surface area contributed by atoms with E-state index < -0.39 is 10.0 Å². The molecule has 3 aromatic carbocycles. The van der Waals surface area contributed by atoms with Crippen molar-refractivity contribution in [2.45, 2.75) is 24.7 Å². The molecule has 0 radical (unpaired) electrons. The molecule has 30 heavy (non-hydrogen) atoms. The Morgan fingerprint density at radius 1 is 0.867 bits per heavy atom. The summed E-state index contributed by atoms with van der Waals surface area (Å²) in [6, 6.07) is 18.4. The molecule has 2 N–H and O–H groups in total. The van der Waals surface area contributed by atoms with Gasteiger partial charge in [0.05, 0.1) is 4.90 Å². The fourth-order valence-electron chi connectivity index (χ4n) is 2.78. The lowest BCUT2D eigenvalue weighted by molar-refractivity contribution is -0.116. The summed E-state index contributed by atoms with van der Waals surface area (Å²) in [5.74, 6) is -0.189. The summed E-state index contributed by atoms with van der Waals surface area (Å²) in [7, 11) is -3.68. The zero-order valence-corrected chi connectivity index (χ0v) is 18.5. The normalized spacial score (nSPS) is 11.2. The Kier molecular flexibility index (Phi) is 7.02. The van der Waals surface area contributed by atoms with E-state index in [2.05, 4.69) is 10.0 Å². The molecular weight excluding hydrogens is 443 g/mol. The van der Waals surface area contributed by atoms with Crippen LogP contribution in [0, 0.1) is 6.92 Å². The number of carbonyl (C=O) groups is 1. The molecule has 0 fully saturated rings. The molecule has 3 rings (SSSR count). The van der Waals surface area contributed by atoms with Crippen LogP contribution >= 0.6 is 23.2 Å². The van der Waals surface area contributed by atoms with Crippen LogP contribution in [0.15, 0.2) is 71.6 Å². The van der Waals surface area contributed by atoms with Crippen molar-refractivity contribution in [1.82, 2.24) is 0 Å². The van der Waals surface area contributed by atoms with E-state index in [4.69, 9.17) is 23.2 Å². The van der Waals surface area contributed by atoms with Crippen LogP contribution in [-0.4, -0.2) is 14.3 Å². The van der Waals surface area contributed by atoms with Gasteiger partial charge in [0.15, 0.2) is 0 Å². The van der Waals surface area contributed by atoms with Crippen molar-refractivity contribution in [2.24, 2.45) is 0 Å². The molecule has 0 aliphatic carbocycles. The van der Waals surface area contributed by atoms with Gasteiger partial charge in [0, 0.05) is 27.8 Å². The molecule has 1 amide bonds. The lowest BCUT2D eigenvalue weighted by atomic mass is 10.1. The number of halogens is 2. The van der Waals surface area contributed by atoms with E-state index in [0.717, 1.165) is 11.1 Å². The first-order valence-electron chi connectivity index (χ1n) is 9.16. The van der Waals surface area contributed by atoms with Gasteiger partial charge in [-0.25, -0.2) is 8.42 Å². The standard InChI is InChI=1S/C22H20Cl2N2O3S/c1-15-2-7-19(8-3-15)26-30(28,29)21-9-4-16(5-10-21)6-11-22(27)25-20-13-17(23)12-18(24)14-20/h2-5,7-10,12-14,26H,6,11H2,1H3,(H,25,27). The average molecular weight is 463 g/mol. The maximum absolute atomic E-state index is 12.5. The van der Waals surface area contributed by atoms with E-state index in [1.807, 2.05) is 19.1 Å². The molecular formula is C22H20Cl2N2O3S. The first kappa shape index (κ1) is 22.2. The molecule has 156 valence electrons. The minimum absolute atomic E-state index is 0.157. The molecule has 0 aliphatic heterocycles. The molecule has 0 aliphatic rings. The van der Waals surface area contributed by atoms with Gasteiger partial charge in [-0.15, -0.1) is 0 Å². The predicted octanol–water partition coefficient (Wildman–Crippen LogP) is 5.67. The van der Waals surface area contributed by atoms with Crippen molar-refractivity contribution in [1.29, 1.82) is 0 Å². The smallest absolute Gasteiger partial charge is 0.261 e. The molecule has 0 saturated heterocycles. The zero-order valence-electron chi connectivity index (χ0n) is 16.2. The Labute approximate surface area is 186 Å². The first-order chi connectivity index (χ1) is 14.2. The topological polar surface area (TPSA) is 75.3 Å². The molecule has 3 aromatic rings. The Balaban J connectivity index is 1.58. The summed E-state index contributed by atoms with van der Waals surface area (Å²) < 4.78 is 27.6. The highest BCUT2D eigenvalue weighted by molar-refractivity contribution is 7.92. The number of aryl methyl sites for hydroxylation is 2. The Morgan fingerprint density at radius 3 is 2.07 bits per heavy atom. The number of amides is 1. The third-order valence-electron chi connectivity index (χ3n) is 4.32. The van der Waals surface area contributed by atoms with E-state index in [-0.39, 0.29) is 17.2 Å². The molecule has 0 aromatic heterocycles. The van der Waals surface area contributed by atoms with Crippen LogP contribution in [0.1, 0.15) is 17.5 Å². The van der Waals surface area contributed by atoms with Crippen LogP contribution in [0.2, 0.25) is 10.0 Å². The van der Waals surface area contributed by atoms with Gasteiger partial charge in [0.25, 0.3) is 10.0 Å². The minimum Gasteiger partial charge on any atom is -0.326 e. The van der Waals surface area contributed by atoms with Crippen LogP contribution in [0.3, 0.4) is 0 Å². The van der Waals surface area contributed by atoms with Crippen molar-refractivity contribution in [3.05, 3.63) is 87.9 Å². The highest BCUT2D eigenvalue weighted by Crippen LogP contribution is 2.23. The van der Waals surface area contributed by atoms with Crippen LogP contribution in [0.25, 0.3) is 0 Å². The highest BCUT2D eigenvalue weighted by atomic mass is 35.5. The summed E-state index contributed by atoms with van der Waals surface area (Å²) in [5, 5.41) is 3.62. The van der Waals surface area contributed by atoms with Crippen molar-refractivity contribution < 1.29 is 13.2 Å². The van der Waals surface area contributed by atoms with E-state index in [1.54, 1.807) is 42.5 Å². The van der Waals surface area contributed by atoms with Gasteiger partial charge in [-0.3, -0.25) is 9.52 Å². The lowest BCUT2D eigenvalue weighted by Crippen LogP contribution is -2.13. The van der Waals surface area contributed by atoms with Gasteiger partial charge in [-0.2, -0.15) is 0 Å².